The fraction of sp³-hybridized carbons (Fsp3) is 0.263. The van der Waals surface area contributed by atoms with Gasteiger partial charge in [0.15, 0.2) is 0 Å². The molecule has 4 rings (SSSR count). The maximum absolute atomic E-state index is 9.66. The van der Waals surface area contributed by atoms with Crippen molar-refractivity contribution in [1.29, 1.82) is 5.26 Å². The lowest BCUT2D eigenvalue weighted by atomic mass is 9.75. The van der Waals surface area contributed by atoms with Crippen molar-refractivity contribution in [3.8, 4) is 23.2 Å². The number of H-pyrrole nitrogens is 1. The average Bonchev–Trinajstić information content (AvgIpc) is 3.05. The quantitative estimate of drug-likeness (QED) is 0.828. The summed E-state index contributed by atoms with van der Waals surface area (Å²) in [4.78, 5) is 0. The van der Waals surface area contributed by atoms with E-state index in [4.69, 9.17) is 10.5 Å². The highest BCUT2D eigenvalue weighted by Gasteiger charge is 2.38. The van der Waals surface area contributed by atoms with E-state index in [0.717, 1.165) is 36.1 Å². The number of fused-ring (bicyclic) bond motifs is 1. The van der Waals surface area contributed by atoms with Crippen LogP contribution in [0.3, 0.4) is 0 Å². The summed E-state index contributed by atoms with van der Waals surface area (Å²) in [5.74, 6) is 0.758. The number of aromatic amines is 1. The van der Waals surface area contributed by atoms with Gasteiger partial charge in [-0.05, 0) is 30.7 Å². The first-order chi connectivity index (χ1) is 11.8. The molecule has 0 unspecified atom stereocenters. The van der Waals surface area contributed by atoms with Crippen molar-refractivity contribution in [2.24, 2.45) is 11.7 Å². The minimum absolute atomic E-state index is 0.121. The Morgan fingerprint density at radius 3 is 2.83 bits per heavy atom. The number of allylic oxidation sites excluding steroid dienone is 3. The van der Waals surface area contributed by atoms with Crippen molar-refractivity contribution in [3.63, 3.8) is 0 Å². The fourth-order valence-corrected chi connectivity index (χ4v) is 3.65. The van der Waals surface area contributed by atoms with Gasteiger partial charge < -0.3 is 10.5 Å². The molecule has 1 aromatic heterocycles. The van der Waals surface area contributed by atoms with Gasteiger partial charge in [-0.3, -0.25) is 5.10 Å². The van der Waals surface area contributed by atoms with E-state index in [-0.39, 0.29) is 17.7 Å². The highest BCUT2D eigenvalue weighted by atomic mass is 16.5. The standard InChI is InChI=1S/C19H18N4O/c20-11-14-15(12-7-3-1-4-8-12)16-17(13-9-5-2-6-10-13)22-23-19(16)24-18(14)21/h2-3,5-7,9-10,12,15H,1,4,8,21H2,(H,22,23)/t12-,15+/m1/s1. The molecular formula is C19H18N4O. The predicted octanol–water partition coefficient (Wildman–Crippen LogP) is 3.60. The molecular weight excluding hydrogens is 300 g/mol. The Balaban J connectivity index is 1.89. The van der Waals surface area contributed by atoms with Crippen molar-refractivity contribution in [3.05, 3.63) is 59.5 Å². The molecule has 5 nitrogen and oxygen atoms in total. The molecule has 0 radical (unpaired) electrons. The number of hydrogen-bond acceptors (Lipinski definition) is 4. The van der Waals surface area contributed by atoms with Crippen LogP contribution in [0.5, 0.6) is 5.88 Å². The molecule has 0 amide bonds. The third kappa shape index (κ3) is 2.28. The van der Waals surface area contributed by atoms with E-state index in [9.17, 15) is 5.26 Å². The van der Waals surface area contributed by atoms with E-state index in [1.807, 2.05) is 30.3 Å². The van der Waals surface area contributed by atoms with Gasteiger partial charge in [0.2, 0.25) is 11.8 Å². The SMILES string of the molecule is N#CC1=C(N)Oc2n[nH]c(-c3ccccc3)c2[C@H]1[C@@H]1C=CCCC1. The summed E-state index contributed by atoms with van der Waals surface area (Å²) in [6, 6.07) is 12.3. The van der Waals surface area contributed by atoms with Gasteiger partial charge in [0.25, 0.3) is 0 Å². The van der Waals surface area contributed by atoms with Crippen LogP contribution in [-0.4, -0.2) is 10.2 Å². The molecule has 24 heavy (non-hydrogen) atoms. The number of rotatable bonds is 2. The molecule has 3 N–H and O–H groups in total. The highest BCUT2D eigenvalue weighted by Crippen LogP contribution is 2.48. The van der Waals surface area contributed by atoms with Crippen LogP contribution >= 0.6 is 0 Å². The number of nitrogens with two attached hydrogens (primary N) is 1. The third-order valence-corrected chi connectivity index (χ3v) is 4.77. The smallest absolute Gasteiger partial charge is 0.244 e. The van der Waals surface area contributed by atoms with Crippen LogP contribution < -0.4 is 10.5 Å². The zero-order valence-corrected chi connectivity index (χ0v) is 13.2. The van der Waals surface area contributed by atoms with Gasteiger partial charge in [-0.1, -0.05) is 42.5 Å². The minimum Gasteiger partial charge on any atom is -0.420 e. The number of hydrogen-bond donors (Lipinski definition) is 2. The number of aromatic nitrogens is 2. The second-order valence-electron chi connectivity index (χ2n) is 6.18. The first-order valence-corrected chi connectivity index (χ1v) is 8.17. The van der Waals surface area contributed by atoms with Crippen LogP contribution in [0.15, 0.2) is 53.9 Å². The van der Waals surface area contributed by atoms with E-state index >= 15 is 0 Å². The largest absolute Gasteiger partial charge is 0.420 e. The van der Waals surface area contributed by atoms with Crippen molar-refractivity contribution in [1.82, 2.24) is 10.2 Å². The number of nitriles is 1. The fourth-order valence-electron chi connectivity index (χ4n) is 3.65. The molecule has 120 valence electrons. The topological polar surface area (TPSA) is 87.7 Å². The van der Waals surface area contributed by atoms with E-state index < -0.39 is 0 Å². The lowest BCUT2D eigenvalue weighted by Crippen LogP contribution is -2.25. The van der Waals surface area contributed by atoms with E-state index in [2.05, 4.69) is 28.4 Å². The van der Waals surface area contributed by atoms with Crippen LogP contribution in [0.1, 0.15) is 30.7 Å². The Labute approximate surface area is 140 Å². The summed E-state index contributed by atoms with van der Waals surface area (Å²) < 4.78 is 5.63. The third-order valence-electron chi connectivity index (χ3n) is 4.77. The predicted molar refractivity (Wildman–Crippen MR) is 90.7 cm³/mol. The summed E-state index contributed by atoms with van der Waals surface area (Å²) in [7, 11) is 0. The number of nitrogens with one attached hydrogen (secondary N) is 1. The normalized spacial score (nSPS) is 22.6. The lowest BCUT2D eigenvalue weighted by molar-refractivity contribution is 0.355. The molecule has 2 aliphatic rings. The Kier molecular flexibility index (Phi) is 3.58. The maximum Gasteiger partial charge on any atom is 0.244 e. The number of nitrogens with zero attached hydrogens (tertiary/aromatic N) is 2. The van der Waals surface area contributed by atoms with Gasteiger partial charge in [-0.2, -0.15) is 5.26 Å². The lowest BCUT2D eigenvalue weighted by Gasteiger charge is -2.30. The van der Waals surface area contributed by atoms with Gasteiger partial charge in [-0.25, -0.2) is 0 Å². The molecule has 1 aromatic carbocycles. The minimum atomic E-state index is -0.121. The Morgan fingerprint density at radius 1 is 1.29 bits per heavy atom. The summed E-state index contributed by atoms with van der Waals surface area (Å²) in [5, 5.41) is 17.0. The van der Waals surface area contributed by atoms with E-state index in [1.54, 1.807) is 0 Å². The van der Waals surface area contributed by atoms with Gasteiger partial charge in [0.05, 0.1) is 16.8 Å². The summed E-state index contributed by atoms with van der Waals surface area (Å²) in [6.07, 6.45) is 7.63. The molecule has 0 saturated heterocycles. The number of benzene rings is 1. The average molecular weight is 318 g/mol. The van der Waals surface area contributed by atoms with Gasteiger partial charge in [0, 0.05) is 5.92 Å². The molecule has 2 atom stereocenters. The van der Waals surface area contributed by atoms with Crippen molar-refractivity contribution in [2.45, 2.75) is 25.2 Å². The first kappa shape index (κ1) is 14.6. The molecule has 1 aliphatic heterocycles. The van der Waals surface area contributed by atoms with Gasteiger partial charge in [0.1, 0.15) is 6.07 Å². The Bertz CT molecular complexity index is 857. The summed E-state index contributed by atoms with van der Waals surface area (Å²) in [6.45, 7) is 0. The van der Waals surface area contributed by atoms with Crippen LogP contribution in [0.4, 0.5) is 0 Å². The first-order valence-electron chi connectivity index (χ1n) is 8.17. The van der Waals surface area contributed by atoms with Gasteiger partial charge >= 0.3 is 0 Å². The zero-order valence-electron chi connectivity index (χ0n) is 13.2. The van der Waals surface area contributed by atoms with Crippen LogP contribution in [0.25, 0.3) is 11.3 Å². The van der Waals surface area contributed by atoms with Crippen molar-refractivity contribution in [2.75, 3.05) is 0 Å². The second-order valence-corrected chi connectivity index (χ2v) is 6.18. The molecule has 0 fully saturated rings. The molecule has 0 bridgehead atoms. The molecule has 0 spiro atoms. The maximum atomic E-state index is 9.66. The highest BCUT2D eigenvalue weighted by molar-refractivity contribution is 5.69. The Morgan fingerprint density at radius 2 is 2.12 bits per heavy atom. The van der Waals surface area contributed by atoms with E-state index in [1.165, 1.54) is 0 Å². The van der Waals surface area contributed by atoms with Crippen molar-refractivity contribution < 1.29 is 4.74 Å². The van der Waals surface area contributed by atoms with Gasteiger partial charge in [-0.15, -0.1) is 5.10 Å². The van der Waals surface area contributed by atoms with Crippen LogP contribution in [0.2, 0.25) is 0 Å². The van der Waals surface area contributed by atoms with E-state index in [0.29, 0.717) is 11.5 Å². The van der Waals surface area contributed by atoms with Crippen LogP contribution in [0, 0.1) is 17.2 Å². The zero-order chi connectivity index (χ0) is 16.5. The summed E-state index contributed by atoms with van der Waals surface area (Å²) >= 11 is 0. The molecule has 2 aromatic rings. The molecule has 5 heteroatoms. The second kappa shape index (κ2) is 5.89. The molecule has 1 aliphatic carbocycles. The summed E-state index contributed by atoms with van der Waals surface area (Å²) in [5.41, 5.74) is 9.36. The number of ether oxygens (including phenoxy) is 1. The molecule has 2 heterocycles. The van der Waals surface area contributed by atoms with Crippen LogP contribution in [-0.2, 0) is 0 Å². The Hall–Kier alpha value is -3.00. The molecule has 0 saturated carbocycles. The van der Waals surface area contributed by atoms with Crippen molar-refractivity contribution >= 4 is 0 Å². The monoisotopic (exact) mass is 318 g/mol.